The summed E-state index contributed by atoms with van der Waals surface area (Å²) in [6.45, 7) is 5.55. The standard InChI is InChI=1S/C10H16BrN3O/c1-4-15-10-5-9(12-7-13-10)14(3)6-8(2)11/h5,7-8H,4,6H2,1-3H3. The molecular formula is C10H16BrN3O. The Kier molecular flexibility index (Phi) is 4.81. The molecule has 0 saturated heterocycles. The number of nitrogens with zero attached hydrogens (tertiary/aromatic N) is 3. The lowest BCUT2D eigenvalue weighted by molar-refractivity contribution is 0.326. The Morgan fingerprint density at radius 3 is 2.87 bits per heavy atom. The molecule has 15 heavy (non-hydrogen) atoms. The summed E-state index contributed by atoms with van der Waals surface area (Å²) < 4.78 is 5.31. The van der Waals surface area contributed by atoms with Gasteiger partial charge in [0.25, 0.3) is 0 Å². The molecule has 0 aliphatic carbocycles. The maximum Gasteiger partial charge on any atom is 0.218 e. The van der Waals surface area contributed by atoms with Gasteiger partial charge in [0.05, 0.1) is 6.61 Å². The monoisotopic (exact) mass is 273 g/mol. The van der Waals surface area contributed by atoms with Gasteiger partial charge in [-0.25, -0.2) is 9.97 Å². The summed E-state index contributed by atoms with van der Waals surface area (Å²) in [4.78, 5) is 10.7. The van der Waals surface area contributed by atoms with Gasteiger partial charge in [0.1, 0.15) is 12.1 Å². The molecule has 1 aromatic heterocycles. The van der Waals surface area contributed by atoms with E-state index in [9.17, 15) is 0 Å². The van der Waals surface area contributed by atoms with Gasteiger partial charge in [-0.2, -0.15) is 0 Å². The second kappa shape index (κ2) is 5.90. The quantitative estimate of drug-likeness (QED) is 0.771. The van der Waals surface area contributed by atoms with Crippen molar-refractivity contribution < 1.29 is 4.74 Å². The van der Waals surface area contributed by atoms with Crippen LogP contribution in [0, 0.1) is 0 Å². The summed E-state index contributed by atoms with van der Waals surface area (Å²) in [5.74, 6) is 1.50. The number of hydrogen-bond donors (Lipinski definition) is 0. The molecule has 0 aliphatic heterocycles. The zero-order valence-electron chi connectivity index (χ0n) is 9.27. The van der Waals surface area contributed by atoms with Gasteiger partial charge >= 0.3 is 0 Å². The van der Waals surface area contributed by atoms with Crippen LogP contribution >= 0.6 is 15.9 Å². The van der Waals surface area contributed by atoms with Crippen LogP contribution in [0.1, 0.15) is 13.8 Å². The lowest BCUT2D eigenvalue weighted by Gasteiger charge is -2.19. The number of rotatable bonds is 5. The summed E-state index contributed by atoms with van der Waals surface area (Å²) in [6, 6.07) is 1.85. The molecule has 1 heterocycles. The summed E-state index contributed by atoms with van der Waals surface area (Å²) in [5.41, 5.74) is 0. The van der Waals surface area contributed by atoms with Crippen molar-refractivity contribution in [2.75, 3.05) is 25.1 Å². The summed E-state index contributed by atoms with van der Waals surface area (Å²) in [6.07, 6.45) is 1.52. The smallest absolute Gasteiger partial charge is 0.218 e. The minimum atomic E-state index is 0.424. The van der Waals surface area contributed by atoms with E-state index >= 15 is 0 Å². The highest BCUT2D eigenvalue weighted by molar-refractivity contribution is 9.09. The Hall–Kier alpha value is -0.840. The normalized spacial score (nSPS) is 12.3. The second-order valence-electron chi connectivity index (χ2n) is 3.31. The molecule has 0 N–H and O–H groups in total. The van der Waals surface area contributed by atoms with Crippen LogP contribution in [0.3, 0.4) is 0 Å². The Bertz CT molecular complexity index is 306. The highest BCUT2D eigenvalue weighted by Crippen LogP contribution is 2.15. The van der Waals surface area contributed by atoms with Gasteiger partial charge in [-0.05, 0) is 6.92 Å². The Morgan fingerprint density at radius 1 is 1.53 bits per heavy atom. The molecule has 1 rings (SSSR count). The number of alkyl halides is 1. The number of anilines is 1. The van der Waals surface area contributed by atoms with E-state index in [4.69, 9.17) is 4.74 Å². The molecule has 0 aromatic carbocycles. The van der Waals surface area contributed by atoms with E-state index in [0.717, 1.165) is 12.4 Å². The highest BCUT2D eigenvalue weighted by atomic mass is 79.9. The third-order valence-electron chi connectivity index (χ3n) is 1.84. The van der Waals surface area contributed by atoms with Gasteiger partial charge in [-0.15, -0.1) is 0 Å². The molecule has 4 nitrogen and oxygen atoms in total. The van der Waals surface area contributed by atoms with Crippen molar-refractivity contribution in [2.24, 2.45) is 0 Å². The zero-order valence-corrected chi connectivity index (χ0v) is 10.9. The summed E-state index contributed by atoms with van der Waals surface area (Å²) in [5, 5.41) is 0. The number of aromatic nitrogens is 2. The number of hydrogen-bond acceptors (Lipinski definition) is 4. The average molecular weight is 274 g/mol. The number of ether oxygens (including phenoxy) is 1. The molecule has 1 aromatic rings. The van der Waals surface area contributed by atoms with E-state index in [1.807, 2.05) is 20.0 Å². The first-order valence-electron chi connectivity index (χ1n) is 4.93. The van der Waals surface area contributed by atoms with Crippen LogP contribution in [0.25, 0.3) is 0 Å². The average Bonchev–Trinajstić information content (AvgIpc) is 2.17. The summed E-state index contributed by atoms with van der Waals surface area (Å²) in [7, 11) is 2.00. The molecule has 1 atom stereocenters. The predicted molar refractivity (Wildman–Crippen MR) is 64.9 cm³/mol. The molecule has 0 spiro atoms. The zero-order chi connectivity index (χ0) is 11.3. The first-order chi connectivity index (χ1) is 7.13. The van der Waals surface area contributed by atoms with Crippen LogP contribution in [-0.4, -0.2) is 35.0 Å². The van der Waals surface area contributed by atoms with Crippen molar-refractivity contribution in [3.05, 3.63) is 12.4 Å². The fourth-order valence-corrected chi connectivity index (χ4v) is 1.67. The SMILES string of the molecule is CCOc1cc(N(C)CC(C)Br)ncn1. The highest BCUT2D eigenvalue weighted by Gasteiger charge is 2.07. The van der Waals surface area contributed by atoms with Crippen LogP contribution in [0.5, 0.6) is 5.88 Å². The Labute approximate surface area is 98.8 Å². The summed E-state index contributed by atoms with van der Waals surface area (Å²) >= 11 is 3.51. The third-order valence-corrected chi connectivity index (χ3v) is 2.13. The minimum Gasteiger partial charge on any atom is -0.478 e. The van der Waals surface area contributed by atoms with E-state index in [0.29, 0.717) is 17.3 Å². The fraction of sp³-hybridized carbons (Fsp3) is 0.600. The topological polar surface area (TPSA) is 38.2 Å². The first kappa shape index (κ1) is 12.2. The molecule has 5 heteroatoms. The van der Waals surface area contributed by atoms with Crippen LogP contribution in [0.2, 0.25) is 0 Å². The van der Waals surface area contributed by atoms with Gasteiger partial charge < -0.3 is 9.64 Å². The lowest BCUT2D eigenvalue weighted by Crippen LogP contribution is -2.24. The van der Waals surface area contributed by atoms with Crippen molar-refractivity contribution in [1.82, 2.24) is 9.97 Å². The molecular weight excluding hydrogens is 258 g/mol. The lowest BCUT2D eigenvalue weighted by atomic mass is 10.4. The van der Waals surface area contributed by atoms with Crippen molar-refractivity contribution >= 4 is 21.7 Å². The van der Waals surface area contributed by atoms with Gasteiger partial charge in [0, 0.05) is 24.5 Å². The predicted octanol–water partition coefficient (Wildman–Crippen LogP) is 2.09. The Balaban J connectivity index is 2.71. The minimum absolute atomic E-state index is 0.424. The van der Waals surface area contributed by atoms with Crippen LogP contribution in [0.15, 0.2) is 12.4 Å². The molecule has 0 amide bonds. The van der Waals surface area contributed by atoms with E-state index in [1.165, 1.54) is 6.33 Å². The van der Waals surface area contributed by atoms with Gasteiger partial charge in [0.2, 0.25) is 5.88 Å². The van der Waals surface area contributed by atoms with Crippen molar-refractivity contribution in [2.45, 2.75) is 18.7 Å². The maximum atomic E-state index is 5.31. The van der Waals surface area contributed by atoms with E-state index < -0.39 is 0 Å². The van der Waals surface area contributed by atoms with Crippen LogP contribution in [0.4, 0.5) is 5.82 Å². The van der Waals surface area contributed by atoms with E-state index in [2.05, 4.69) is 37.7 Å². The number of halogens is 1. The van der Waals surface area contributed by atoms with Crippen molar-refractivity contribution in [1.29, 1.82) is 0 Å². The molecule has 0 fully saturated rings. The Morgan fingerprint density at radius 2 is 2.27 bits per heavy atom. The molecule has 0 radical (unpaired) electrons. The van der Waals surface area contributed by atoms with Gasteiger partial charge in [0.15, 0.2) is 0 Å². The fourth-order valence-electron chi connectivity index (χ4n) is 1.24. The van der Waals surface area contributed by atoms with E-state index in [1.54, 1.807) is 0 Å². The van der Waals surface area contributed by atoms with E-state index in [-0.39, 0.29) is 0 Å². The molecule has 84 valence electrons. The largest absolute Gasteiger partial charge is 0.478 e. The van der Waals surface area contributed by atoms with Crippen LogP contribution < -0.4 is 9.64 Å². The molecule has 1 unspecified atom stereocenters. The third kappa shape index (κ3) is 4.03. The molecule has 0 bridgehead atoms. The second-order valence-corrected chi connectivity index (χ2v) is 4.87. The maximum absolute atomic E-state index is 5.31. The first-order valence-corrected chi connectivity index (χ1v) is 5.85. The van der Waals surface area contributed by atoms with Crippen molar-refractivity contribution in [3.8, 4) is 5.88 Å². The van der Waals surface area contributed by atoms with Gasteiger partial charge in [-0.3, -0.25) is 0 Å². The molecule has 0 saturated carbocycles. The van der Waals surface area contributed by atoms with Crippen molar-refractivity contribution in [3.63, 3.8) is 0 Å². The molecule has 0 aliphatic rings. The van der Waals surface area contributed by atoms with Crippen LogP contribution in [-0.2, 0) is 0 Å². The van der Waals surface area contributed by atoms with Gasteiger partial charge in [-0.1, -0.05) is 22.9 Å².